The molecular weight excluding hydrogens is 194 g/mol. The van der Waals surface area contributed by atoms with E-state index in [9.17, 15) is 0 Å². The van der Waals surface area contributed by atoms with E-state index in [0.717, 1.165) is 6.42 Å². The van der Waals surface area contributed by atoms with Crippen LogP contribution in [0.5, 0.6) is 5.88 Å². The summed E-state index contributed by atoms with van der Waals surface area (Å²) >= 11 is 0. The monoisotopic (exact) mass is 213 g/mol. The van der Waals surface area contributed by atoms with E-state index in [-0.39, 0.29) is 5.60 Å². The normalized spacial score (nSPS) is 11.7. The summed E-state index contributed by atoms with van der Waals surface area (Å²) in [4.78, 5) is 0. The largest absolute Gasteiger partial charge is 0.475 e. The van der Waals surface area contributed by atoms with Gasteiger partial charge in [-0.1, -0.05) is 0 Å². The van der Waals surface area contributed by atoms with Gasteiger partial charge in [-0.05, 0) is 13.8 Å². The van der Waals surface area contributed by atoms with Crippen LogP contribution in [0, 0.1) is 0 Å². The zero-order valence-electron chi connectivity index (χ0n) is 9.78. The van der Waals surface area contributed by atoms with Gasteiger partial charge in [0.15, 0.2) is 0 Å². The number of hydrogen-bond acceptors (Lipinski definition) is 4. The van der Waals surface area contributed by atoms with Crippen molar-refractivity contribution in [1.82, 2.24) is 9.78 Å². The molecule has 0 unspecified atom stereocenters. The van der Waals surface area contributed by atoms with Crippen molar-refractivity contribution < 1.29 is 9.47 Å². The van der Waals surface area contributed by atoms with Gasteiger partial charge in [0.2, 0.25) is 0 Å². The second-order valence-electron chi connectivity index (χ2n) is 4.13. The van der Waals surface area contributed by atoms with E-state index in [1.165, 1.54) is 0 Å². The van der Waals surface area contributed by atoms with Crippen LogP contribution in [-0.2, 0) is 11.8 Å². The summed E-state index contributed by atoms with van der Waals surface area (Å²) in [6.45, 7) is 4.57. The van der Waals surface area contributed by atoms with Crippen molar-refractivity contribution in [3.8, 4) is 5.88 Å². The SMILES string of the molecule is COC(C)(C)CCOc1nn(C)cc1N. The van der Waals surface area contributed by atoms with Crippen LogP contribution in [0.25, 0.3) is 0 Å². The Kier molecular flexibility index (Phi) is 3.57. The van der Waals surface area contributed by atoms with Crippen molar-refractivity contribution >= 4 is 5.69 Å². The predicted octanol–water partition coefficient (Wildman–Crippen LogP) is 1.20. The number of anilines is 1. The number of nitrogens with two attached hydrogens (primary N) is 1. The number of aromatic nitrogens is 2. The molecule has 0 spiro atoms. The molecule has 15 heavy (non-hydrogen) atoms. The lowest BCUT2D eigenvalue weighted by atomic mass is 10.1. The Bertz CT molecular complexity index is 320. The predicted molar refractivity (Wildman–Crippen MR) is 58.8 cm³/mol. The van der Waals surface area contributed by atoms with E-state index in [4.69, 9.17) is 15.2 Å². The van der Waals surface area contributed by atoms with Gasteiger partial charge >= 0.3 is 0 Å². The highest BCUT2D eigenvalue weighted by Crippen LogP contribution is 2.19. The molecule has 1 aromatic heterocycles. The van der Waals surface area contributed by atoms with Crippen LogP contribution < -0.4 is 10.5 Å². The maximum absolute atomic E-state index is 5.68. The lowest BCUT2D eigenvalue weighted by molar-refractivity contribution is 0.00510. The Balaban J connectivity index is 2.41. The lowest BCUT2D eigenvalue weighted by Crippen LogP contribution is -2.25. The molecule has 0 aromatic carbocycles. The van der Waals surface area contributed by atoms with Crippen molar-refractivity contribution in [1.29, 1.82) is 0 Å². The molecule has 0 fully saturated rings. The summed E-state index contributed by atoms with van der Waals surface area (Å²) in [5.41, 5.74) is 6.07. The Labute approximate surface area is 90.2 Å². The van der Waals surface area contributed by atoms with Crippen molar-refractivity contribution in [2.45, 2.75) is 25.9 Å². The van der Waals surface area contributed by atoms with Crippen LogP contribution in [0.2, 0.25) is 0 Å². The van der Waals surface area contributed by atoms with Crippen LogP contribution in [-0.4, -0.2) is 29.1 Å². The van der Waals surface area contributed by atoms with Gasteiger partial charge in [-0.15, -0.1) is 5.10 Å². The summed E-state index contributed by atoms with van der Waals surface area (Å²) in [6, 6.07) is 0. The van der Waals surface area contributed by atoms with Gasteiger partial charge in [0.1, 0.15) is 5.69 Å². The minimum atomic E-state index is -0.177. The number of hydrogen-bond donors (Lipinski definition) is 1. The molecule has 5 heteroatoms. The molecule has 5 nitrogen and oxygen atoms in total. The number of aryl methyl sites for hydroxylation is 1. The fourth-order valence-corrected chi connectivity index (χ4v) is 1.09. The molecule has 0 radical (unpaired) electrons. The van der Waals surface area contributed by atoms with E-state index in [1.54, 1.807) is 18.0 Å². The van der Waals surface area contributed by atoms with E-state index in [1.807, 2.05) is 20.9 Å². The van der Waals surface area contributed by atoms with Gasteiger partial charge in [-0.2, -0.15) is 0 Å². The first-order valence-electron chi connectivity index (χ1n) is 4.92. The third-order valence-corrected chi connectivity index (χ3v) is 2.32. The maximum Gasteiger partial charge on any atom is 0.256 e. The van der Waals surface area contributed by atoms with Crippen LogP contribution in [0.1, 0.15) is 20.3 Å². The number of nitrogens with zero attached hydrogens (tertiary/aromatic N) is 2. The van der Waals surface area contributed by atoms with Crippen LogP contribution in [0.3, 0.4) is 0 Å². The first-order valence-corrected chi connectivity index (χ1v) is 4.92. The summed E-state index contributed by atoms with van der Waals surface area (Å²) in [5, 5.41) is 4.08. The third-order valence-electron chi connectivity index (χ3n) is 2.32. The summed E-state index contributed by atoms with van der Waals surface area (Å²) in [6.07, 6.45) is 2.51. The van der Waals surface area contributed by atoms with E-state index >= 15 is 0 Å². The van der Waals surface area contributed by atoms with Crippen LogP contribution in [0.15, 0.2) is 6.20 Å². The smallest absolute Gasteiger partial charge is 0.256 e. The highest BCUT2D eigenvalue weighted by Gasteiger charge is 2.16. The average molecular weight is 213 g/mol. The Hall–Kier alpha value is -1.23. The van der Waals surface area contributed by atoms with Gasteiger partial charge < -0.3 is 15.2 Å². The molecule has 1 aromatic rings. The highest BCUT2D eigenvalue weighted by molar-refractivity contribution is 5.45. The highest BCUT2D eigenvalue weighted by atomic mass is 16.5. The van der Waals surface area contributed by atoms with E-state index in [0.29, 0.717) is 18.2 Å². The molecule has 0 bridgehead atoms. The minimum Gasteiger partial charge on any atom is -0.475 e. The second kappa shape index (κ2) is 4.53. The molecule has 1 heterocycles. The van der Waals surface area contributed by atoms with Crippen molar-refractivity contribution in [2.24, 2.45) is 7.05 Å². The van der Waals surface area contributed by atoms with E-state index < -0.39 is 0 Å². The standard InChI is InChI=1S/C10H19N3O2/c1-10(2,14-4)5-6-15-9-8(11)7-13(3)12-9/h7H,5-6,11H2,1-4H3. The molecule has 0 amide bonds. The third kappa shape index (κ3) is 3.43. The summed E-state index contributed by atoms with van der Waals surface area (Å²) in [7, 11) is 3.50. The average Bonchev–Trinajstić information content (AvgIpc) is 2.45. The Morgan fingerprint density at radius 1 is 1.53 bits per heavy atom. The minimum absolute atomic E-state index is 0.177. The molecule has 0 aliphatic rings. The van der Waals surface area contributed by atoms with Crippen molar-refractivity contribution in [3.05, 3.63) is 6.20 Å². The topological polar surface area (TPSA) is 62.3 Å². The number of methoxy groups -OCH3 is 1. The molecule has 0 aliphatic carbocycles. The fourth-order valence-electron chi connectivity index (χ4n) is 1.09. The number of rotatable bonds is 5. The quantitative estimate of drug-likeness (QED) is 0.798. The molecule has 0 atom stereocenters. The first-order chi connectivity index (χ1) is 6.94. The summed E-state index contributed by atoms with van der Waals surface area (Å²) < 4.78 is 12.4. The van der Waals surface area contributed by atoms with E-state index in [2.05, 4.69) is 5.10 Å². The van der Waals surface area contributed by atoms with Crippen molar-refractivity contribution in [2.75, 3.05) is 19.5 Å². The van der Waals surface area contributed by atoms with Crippen LogP contribution >= 0.6 is 0 Å². The van der Waals surface area contributed by atoms with Gasteiger partial charge in [-0.3, -0.25) is 4.68 Å². The molecule has 2 N–H and O–H groups in total. The molecule has 86 valence electrons. The van der Waals surface area contributed by atoms with Crippen LogP contribution in [0.4, 0.5) is 5.69 Å². The van der Waals surface area contributed by atoms with Gasteiger partial charge in [0.05, 0.1) is 18.4 Å². The molecule has 1 rings (SSSR count). The number of nitrogen functional groups attached to an aromatic ring is 1. The lowest BCUT2D eigenvalue weighted by Gasteiger charge is -2.22. The Morgan fingerprint density at radius 2 is 2.20 bits per heavy atom. The number of ether oxygens (including phenoxy) is 2. The Morgan fingerprint density at radius 3 is 2.67 bits per heavy atom. The van der Waals surface area contributed by atoms with Gasteiger partial charge in [-0.25, -0.2) is 0 Å². The first kappa shape index (κ1) is 11.8. The van der Waals surface area contributed by atoms with Crippen molar-refractivity contribution in [3.63, 3.8) is 0 Å². The molecular formula is C10H19N3O2. The summed E-state index contributed by atoms with van der Waals surface area (Å²) in [5.74, 6) is 0.490. The van der Waals surface area contributed by atoms with Gasteiger partial charge in [0.25, 0.3) is 5.88 Å². The maximum atomic E-state index is 5.68. The fraction of sp³-hybridized carbons (Fsp3) is 0.700. The second-order valence-corrected chi connectivity index (χ2v) is 4.13. The molecule has 0 aliphatic heterocycles. The molecule has 0 saturated heterocycles. The zero-order chi connectivity index (χ0) is 11.5. The van der Waals surface area contributed by atoms with Gasteiger partial charge in [0, 0.05) is 20.6 Å². The zero-order valence-corrected chi connectivity index (χ0v) is 9.78. The molecule has 0 saturated carbocycles.